The zero-order chi connectivity index (χ0) is 15.1. The fourth-order valence-electron chi connectivity index (χ4n) is 4.71. The molecule has 2 fully saturated rings. The molecule has 4 rings (SSSR count). The van der Waals surface area contributed by atoms with Crippen molar-refractivity contribution >= 4 is 5.91 Å². The first-order valence-corrected chi connectivity index (χ1v) is 8.86. The molecule has 3 aliphatic rings. The largest absolute Gasteiger partial charge is 0.332 e. The Morgan fingerprint density at radius 1 is 1.27 bits per heavy atom. The second kappa shape index (κ2) is 5.64. The number of hydrogen-bond acceptors (Lipinski definition) is 3. The lowest BCUT2D eigenvalue weighted by atomic mass is 9.97. The van der Waals surface area contributed by atoms with Crippen LogP contribution in [-0.2, 0) is 11.2 Å². The number of fused-ring (bicyclic) bond motifs is 4. The molecular weight excluding hydrogens is 274 g/mol. The number of carbonyl (C=O) groups is 1. The molecule has 1 saturated heterocycles. The summed E-state index contributed by atoms with van der Waals surface area (Å²) in [6.45, 7) is 1.95. The van der Waals surface area contributed by atoms with Gasteiger partial charge in [-0.1, -0.05) is 25.7 Å². The van der Waals surface area contributed by atoms with Crippen molar-refractivity contribution in [1.29, 1.82) is 0 Å². The molecule has 118 valence electrons. The zero-order valence-corrected chi connectivity index (χ0v) is 13.4. The Morgan fingerprint density at radius 3 is 2.91 bits per heavy atom. The van der Waals surface area contributed by atoms with Gasteiger partial charge in [0.15, 0.2) is 0 Å². The Hall–Kier alpha value is -1.45. The molecule has 0 unspecified atom stereocenters. The van der Waals surface area contributed by atoms with E-state index in [0.717, 1.165) is 43.8 Å². The summed E-state index contributed by atoms with van der Waals surface area (Å²) in [4.78, 5) is 23.9. The van der Waals surface area contributed by atoms with Crippen molar-refractivity contribution in [3.05, 3.63) is 23.3 Å². The summed E-state index contributed by atoms with van der Waals surface area (Å²) in [5.74, 6) is 2.01. The molecule has 0 spiro atoms. The summed E-state index contributed by atoms with van der Waals surface area (Å²) in [6.07, 6.45) is 12.3. The Balaban J connectivity index is 1.48. The average Bonchev–Trinajstić information content (AvgIpc) is 3.12. The molecule has 1 aromatic rings. The highest BCUT2D eigenvalue weighted by Crippen LogP contribution is 2.43. The number of aromatic nitrogens is 2. The molecule has 2 bridgehead atoms. The molecule has 2 atom stereocenters. The van der Waals surface area contributed by atoms with Gasteiger partial charge in [0.2, 0.25) is 5.91 Å². The van der Waals surface area contributed by atoms with Gasteiger partial charge in [0, 0.05) is 30.6 Å². The Labute approximate surface area is 132 Å². The van der Waals surface area contributed by atoms with E-state index in [1.54, 1.807) is 0 Å². The first-order chi connectivity index (χ1) is 10.7. The molecule has 1 aromatic heterocycles. The summed E-state index contributed by atoms with van der Waals surface area (Å²) in [7, 11) is 0. The van der Waals surface area contributed by atoms with Crippen molar-refractivity contribution in [1.82, 2.24) is 14.9 Å². The molecule has 1 amide bonds. The van der Waals surface area contributed by atoms with Gasteiger partial charge in [0.05, 0.1) is 11.7 Å². The fraction of sp³-hybridized carbons (Fsp3) is 0.722. The first-order valence-electron chi connectivity index (χ1n) is 8.86. The molecule has 4 heteroatoms. The summed E-state index contributed by atoms with van der Waals surface area (Å²) in [6, 6.07) is 0.619. The number of rotatable bonds is 3. The van der Waals surface area contributed by atoms with Crippen molar-refractivity contribution in [3.8, 4) is 0 Å². The van der Waals surface area contributed by atoms with E-state index in [1.807, 2.05) is 13.1 Å². The summed E-state index contributed by atoms with van der Waals surface area (Å²) in [5, 5.41) is 0. The fourth-order valence-corrected chi connectivity index (χ4v) is 4.71. The van der Waals surface area contributed by atoms with E-state index in [2.05, 4.69) is 14.9 Å². The minimum atomic E-state index is 0.241. The maximum atomic E-state index is 12.8. The van der Waals surface area contributed by atoms with Crippen LogP contribution in [0.15, 0.2) is 6.20 Å². The molecular formula is C18H25N3O. The van der Waals surface area contributed by atoms with Crippen LogP contribution in [0.5, 0.6) is 0 Å². The van der Waals surface area contributed by atoms with Gasteiger partial charge in [-0.05, 0) is 32.1 Å². The second-order valence-corrected chi connectivity index (χ2v) is 7.26. The van der Waals surface area contributed by atoms with E-state index in [9.17, 15) is 4.79 Å². The molecule has 1 aliphatic carbocycles. The average molecular weight is 299 g/mol. The highest BCUT2D eigenvalue weighted by atomic mass is 16.2. The third-order valence-corrected chi connectivity index (χ3v) is 5.84. The van der Waals surface area contributed by atoms with Gasteiger partial charge in [-0.3, -0.25) is 4.79 Å². The molecule has 0 N–H and O–H groups in total. The van der Waals surface area contributed by atoms with Crippen LogP contribution in [0, 0.1) is 12.8 Å². The van der Waals surface area contributed by atoms with Crippen molar-refractivity contribution in [2.75, 3.05) is 0 Å². The second-order valence-electron chi connectivity index (χ2n) is 7.26. The highest BCUT2D eigenvalue weighted by molar-refractivity contribution is 5.78. The number of hydrogen-bond donors (Lipinski definition) is 0. The molecule has 4 nitrogen and oxygen atoms in total. The van der Waals surface area contributed by atoms with E-state index in [0.29, 0.717) is 11.9 Å². The number of amides is 1. The monoisotopic (exact) mass is 299 g/mol. The lowest BCUT2D eigenvalue weighted by molar-refractivity contribution is -0.135. The molecule has 22 heavy (non-hydrogen) atoms. The van der Waals surface area contributed by atoms with Gasteiger partial charge in [-0.15, -0.1) is 0 Å². The minimum Gasteiger partial charge on any atom is -0.332 e. The van der Waals surface area contributed by atoms with E-state index in [4.69, 9.17) is 0 Å². The third kappa shape index (κ3) is 2.42. The van der Waals surface area contributed by atoms with Gasteiger partial charge >= 0.3 is 0 Å². The lowest BCUT2D eigenvalue weighted by Gasteiger charge is -2.36. The van der Waals surface area contributed by atoms with E-state index < -0.39 is 0 Å². The van der Waals surface area contributed by atoms with Gasteiger partial charge in [-0.25, -0.2) is 9.97 Å². The molecule has 1 saturated carbocycles. The normalized spacial score (nSPS) is 27.2. The number of aryl methyl sites for hydroxylation is 1. The van der Waals surface area contributed by atoms with Crippen molar-refractivity contribution < 1.29 is 4.79 Å². The molecule has 2 aliphatic heterocycles. The van der Waals surface area contributed by atoms with Crippen molar-refractivity contribution in [2.24, 2.45) is 5.92 Å². The lowest BCUT2D eigenvalue weighted by Crippen LogP contribution is -2.42. The van der Waals surface area contributed by atoms with Gasteiger partial charge in [0.25, 0.3) is 0 Å². The van der Waals surface area contributed by atoms with Crippen LogP contribution in [0.4, 0.5) is 0 Å². The quantitative estimate of drug-likeness (QED) is 0.860. The van der Waals surface area contributed by atoms with Gasteiger partial charge in [-0.2, -0.15) is 0 Å². The van der Waals surface area contributed by atoms with E-state index in [1.165, 1.54) is 36.9 Å². The third-order valence-electron chi connectivity index (χ3n) is 5.84. The van der Waals surface area contributed by atoms with Crippen LogP contribution < -0.4 is 0 Å². The van der Waals surface area contributed by atoms with Crippen LogP contribution in [-0.4, -0.2) is 26.8 Å². The summed E-state index contributed by atoms with van der Waals surface area (Å²) < 4.78 is 0. The predicted molar refractivity (Wildman–Crippen MR) is 84.3 cm³/mol. The Morgan fingerprint density at radius 2 is 2.09 bits per heavy atom. The van der Waals surface area contributed by atoms with Crippen molar-refractivity contribution in [2.45, 2.75) is 76.8 Å². The van der Waals surface area contributed by atoms with Gasteiger partial charge < -0.3 is 4.90 Å². The molecule has 0 aromatic carbocycles. The standard InChI is InChI=1S/C18H25N3O/c1-12-19-11-15-16(20-12)10-14-7-8-17(15)21(14)18(22)9-6-13-4-2-3-5-13/h11,13-14,17H,2-10H2,1H3/t14-,17+/m0/s1. The molecule has 0 radical (unpaired) electrons. The maximum absolute atomic E-state index is 12.8. The Kier molecular flexibility index (Phi) is 3.63. The highest BCUT2D eigenvalue weighted by Gasteiger charge is 2.43. The zero-order valence-electron chi connectivity index (χ0n) is 13.4. The SMILES string of the molecule is Cc1ncc2c(n1)C[C@@H]1CC[C@H]2N1C(=O)CCC1CCCC1. The van der Waals surface area contributed by atoms with Crippen LogP contribution in [0.25, 0.3) is 0 Å². The predicted octanol–water partition coefficient (Wildman–Crippen LogP) is 3.34. The topological polar surface area (TPSA) is 46.1 Å². The van der Waals surface area contributed by atoms with Crippen molar-refractivity contribution in [3.63, 3.8) is 0 Å². The number of carbonyl (C=O) groups excluding carboxylic acids is 1. The summed E-state index contributed by atoms with van der Waals surface area (Å²) in [5.41, 5.74) is 2.38. The van der Waals surface area contributed by atoms with Crippen LogP contribution in [0.3, 0.4) is 0 Å². The van der Waals surface area contributed by atoms with E-state index >= 15 is 0 Å². The minimum absolute atomic E-state index is 0.241. The van der Waals surface area contributed by atoms with Crippen LogP contribution in [0.2, 0.25) is 0 Å². The maximum Gasteiger partial charge on any atom is 0.223 e. The van der Waals surface area contributed by atoms with Crippen LogP contribution in [0.1, 0.15) is 74.5 Å². The van der Waals surface area contributed by atoms with Crippen LogP contribution >= 0.6 is 0 Å². The number of nitrogens with zero attached hydrogens (tertiary/aromatic N) is 3. The van der Waals surface area contributed by atoms with Gasteiger partial charge in [0.1, 0.15) is 5.82 Å². The Bertz CT molecular complexity index is 580. The molecule has 3 heterocycles. The summed E-state index contributed by atoms with van der Waals surface area (Å²) >= 11 is 0. The first kappa shape index (κ1) is 14.2. The van der Waals surface area contributed by atoms with E-state index in [-0.39, 0.29) is 6.04 Å². The smallest absolute Gasteiger partial charge is 0.223 e.